The van der Waals surface area contributed by atoms with Crippen LogP contribution in [0, 0.1) is 0 Å². The summed E-state index contributed by atoms with van der Waals surface area (Å²) in [5, 5.41) is 0. The summed E-state index contributed by atoms with van der Waals surface area (Å²) >= 11 is 0. The molecular weight excluding hydrogens is 386 g/mol. The molecule has 2 N–H and O–H groups in total. The molecular formula is C25H29N5O. The van der Waals surface area contributed by atoms with Gasteiger partial charge in [0, 0.05) is 30.3 Å². The number of aryl methyl sites for hydroxylation is 1. The zero-order chi connectivity index (χ0) is 21.4. The predicted octanol–water partition coefficient (Wildman–Crippen LogP) is 3.54. The number of aromatic nitrogens is 2. The van der Waals surface area contributed by atoms with E-state index in [-0.39, 0.29) is 0 Å². The van der Waals surface area contributed by atoms with Crippen LogP contribution in [-0.2, 0) is 19.4 Å². The molecule has 6 nitrogen and oxygen atoms in total. The van der Waals surface area contributed by atoms with Crippen LogP contribution in [0.4, 0.5) is 11.8 Å². The number of hydrogen-bond acceptors (Lipinski definition) is 6. The number of anilines is 2. The van der Waals surface area contributed by atoms with Crippen LogP contribution >= 0.6 is 0 Å². The number of nitrogens with two attached hydrogens (primary N) is 1. The number of rotatable bonds is 5. The second kappa shape index (κ2) is 8.19. The second-order valence-corrected chi connectivity index (χ2v) is 8.68. The minimum absolute atomic E-state index is 0.347. The minimum atomic E-state index is 0.347. The van der Waals surface area contributed by atoms with Crippen LogP contribution in [0.3, 0.4) is 0 Å². The minimum Gasteiger partial charge on any atom is -0.489 e. The van der Waals surface area contributed by atoms with E-state index >= 15 is 0 Å². The Morgan fingerprint density at radius 1 is 1.10 bits per heavy atom. The maximum absolute atomic E-state index is 6.16. The van der Waals surface area contributed by atoms with Crippen LogP contribution in [0.15, 0.2) is 48.5 Å². The van der Waals surface area contributed by atoms with Gasteiger partial charge < -0.3 is 20.3 Å². The average molecular weight is 416 g/mol. The van der Waals surface area contributed by atoms with E-state index in [1.807, 2.05) is 24.3 Å². The van der Waals surface area contributed by atoms with E-state index in [4.69, 9.17) is 10.5 Å². The van der Waals surface area contributed by atoms with Gasteiger partial charge in [-0.3, -0.25) is 0 Å². The van der Waals surface area contributed by atoms with Gasteiger partial charge in [-0.1, -0.05) is 30.3 Å². The van der Waals surface area contributed by atoms with Crippen molar-refractivity contribution in [1.29, 1.82) is 0 Å². The van der Waals surface area contributed by atoms with Crippen molar-refractivity contribution in [2.75, 3.05) is 37.8 Å². The third-order valence-corrected chi connectivity index (χ3v) is 6.42. The second-order valence-electron chi connectivity index (χ2n) is 8.68. The highest BCUT2D eigenvalue weighted by molar-refractivity contribution is 5.76. The van der Waals surface area contributed by atoms with E-state index in [0.29, 0.717) is 18.6 Å². The van der Waals surface area contributed by atoms with Crippen molar-refractivity contribution < 1.29 is 4.74 Å². The number of nitrogens with zero attached hydrogens (tertiary/aromatic N) is 4. The molecule has 1 atom stereocenters. The molecule has 2 aromatic carbocycles. The maximum Gasteiger partial charge on any atom is 0.222 e. The standard InChI is InChI=1S/C25H29N5O/c1-29(2)19-12-13-30(15-19)24-22-10-8-18-14-20(31-16-17-6-4-3-5-7-17)9-11-21(18)23(22)27-25(26)28-24/h3-7,9,11,14,19H,8,10,12-13,15-16H2,1-2H3,(H2,26,27,28). The molecule has 0 spiro atoms. The Morgan fingerprint density at radius 2 is 1.94 bits per heavy atom. The van der Waals surface area contributed by atoms with E-state index in [1.54, 1.807) is 0 Å². The van der Waals surface area contributed by atoms with Crippen molar-refractivity contribution in [3.8, 4) is 17.0 Å². The van der Waals surface area contributed by atoms with Crippen molar-refractivity contribution in [3.05, 3.63) is 65.2 Å². The van der Waals surface area contributed by atoms with Crippen LogP contribution in [-0.4, -0.2) is 48.1 Å². The first-order valence-electron chi connectivity index (χ1n) is 11.0. The molecule has 0 saturated carbocycles. The Bertz CT molecular complexity index is 1080. The van der Waals surface area contributed by atoms with Crippen LogP contribution in [0.25, 0.3) is 11.3 Å². The highest BCUT2D eigenvalue weighted by Crippen LogP contribution is 2.39. The molecule has 0 bridgehead atoms. The Kier molecular flexibility index (Phi) is 5.24. The van der Waals surface area contributed by atoms with Gasteiger partial charge in [0.1, 0.15) is 18.2 Å². The van der Waals surface area contributed by atoms with E-state index in [0.717, 1.165) is 60.7 Å². The molecule has 1 aliphatic heterocycles. The summed E-state index contributed by atoms with van der Waals surface area (Å²) in [6.07, 6.45) is 3.02. The fourth-order valence-corrected chi connectivity index (χ4v) is 4.66. The summed E-state index contributed by atoms with van der Waals surface area (Å²) in [5.41, 5.74) is 11.9. The number of hydrogen-bond donors (Lipinski definition) is 1. The van der Waals surface area contributed by atoms with Gasteiger partial charge in [-0.25, -0.2) is 4.98 Å². The zero-order valence-corrected chi connectivity index (χ0v) is 18.2. The lowest BCUT2D eigenvalue weighted by Crippen LogP contribution is -2.32. The van der Waals surface area contributed by atoms with Crippen molar-refractivity contribution in [2.24, 2.45) is 0 Å². The number of likely N-dealkylation sites (N-methyl/N-ethyl adjacent to an activating group) is 1. The quantitative estimate of drug-likeness (QED) is 0.687. The van der Waals surface area contributed by atoms with E-state index in [9.17, 15) is 0 Å². The van der Waals surface area contributed by atoms with Gasteiger partial charge in [-0.05, 0) is 62.7 Å². The number of ether oxygens (including phenoxy) is 1. The molecule has 5 rings (SSSR count). The van der Waals surface area contributed by atoms with Crippen LogP contribution in [0.2, 0.25) is 0 Å². The lowest BCUT2D eigenvalue weighted by atomic mass is 9.89. The van der Waals surface area contributed by atoms with Gasteiger partial charge in [0.15, 0.2) is 0 Å². The molecule has 6 heteroatoms. The third-order valence-electron chi connectivity index (χ3n) is 6.42. The lowest BCUT2D eigenvalue weighted by molar-refractivity contribution is 0.306. The Labute approximate surface area is 183 Å². The predicted molar refractivity (Wildman–Crippen MR) is 124 cm³/mol. The molecule has 0 amide bonds. The summed E-state index contributed by atoms with van der Waals surface area (Å²) < 4.78 is 6.04. The maximum atomic E-state index is 6.16. The smallest absolute Gasteiger partial charge is 0.222 e. The normalized spacial score (nSPS) is 17.5. The van der Waals surface area contributed by atoms with Crippen molar-refractivity contribution >= 4 is 11.8 Å². The molecule has 2 heterocycles. The monoisotopic (exact) mass is 415 g/mol. The SMILES string of the molecule is CN(C)C1CCN(c2nc(N)nc3c2CCc2cc(OCc4ccccc4)ccc2-3)C1. The molecule has 1 fully saturated rings. The molecule has 1 aromatic heterocycles. The molecule has 3 aromatic rings. The molecule has 1 unspecified atom stereocenters. The molecule has 1 aliphatic carbocycles. The zero-order valence-electron chi connectivity index (χ0n) is 18.2. The molecule has 2 aliphatic rings. The van der Waals surface area contributed by atoms with Gasteiger partial charge in [-0.2, -0.15) is 4.98 Å². The first kappa shape index (κ1) is 19.8. The van der Waals surface area contributed by atoms with Gasteiger partial charge >= 0.3 is 0 Å². The Hall–Kier alpha value is -3.12. The first-order chi connectivity index (χ1) is 15.1. The highest BCUT2D eigenvalue weighted by atomic mass is 16.5. The fraction of sp³-hybridized carbons (Fsp3) is 0.360. The van der Waals surface area contributed by atoms with Gasteiger partial charge in [-0.15, -0.1) is 0 Å². The van der Waals surface area contributed by atoms with Crippen molar-refractivity contribution in [3.63, 3.8) is 0 Å². The number of fused-ring (bicyclic) bond motifs is 3. The summed E-state index contributed by atoms with van der Waals surface area (Å²) in [6.45, 7) is 2.55. The summed E-state index contributed by atoms with van der Waals surface area (Å²) in [4.78, 5) is 14.0. The molecule has 1 saturated heterocycles. The van der Waals surface area contributed by atoms with Crippen LogP contribution in [0.5, 0.6) is 5.75 Å². The number of benzene rings is 2. The van der Waals surface area contributed by atoms with E-state index in [2.05, 4.69) is 58.1 Å². The molecule has 0 radical (unpaired) electrons. The van der Waals surface area contributed by atoms with E-state index < -0.39 is 0 Å². The molecule has 31 heavy (non-hydrogen) atoms. The number of nitrogen functional groups attached to an aromatic ring is 1. The van der Waals surface area contributed by atoms with Crippen LogP contribution in [0.1, 0.15) is 23.1 Å². The molecule has 160 valence electrons. The van der Waals surface area contributed by atoms with E-state index in [1.165, 1.54) is 11.1 Å². The van der Waals surface area contributed by atoms with Gasteiger partial charge in [0.25, 0.3) is 0 Å². The fourth-order valence-electron chi connectivity index (χ4n) is 4.66. The average Bonchev–Trinajstić information content (AvgIpc) is 3.28. The summed E-state index contributed by atoms with van der Waals surface area (Å²) in [6, 6.07) is 17.1. The first-order valence-corrected chi connectivity index (χ1v) is 11.0. The largest absolute Gasteiger partial charge is 0.489 e. The Morgan fingerprint density at radius 3 is 2.71 bits per heavy atom. The Balaban J connectivity index is 1.42. The summed E-state index contributed by atoms with van der Waals surface area (Å²) in [5.74, 6) is 2.25. The summed E-state index contributed by atoms with van der Waals surface area (Å²) in [7, 11) is 4.29. The van der Waals surface area contributed by atoms with Crippen molar-refractivity contribution in [1.82, 2.24) is 14.9 Å². The van der Waals surface area contributed by atoms with Gasteiger partial charge in [0.2, 0.25) is 5.95 Å². The third kappa shape index (κ3) is 3.95. The topological polar surface area (TPSA) is 67.5 Å². The van der Waals surface area contributed by atoms with Gasteiger partial charge in [0.05, 0.1) is 5.69 Å². The van der Waals surface area contributed by atoms with Crippen LogP contribution < -0.4 is 15.4 Å². The highest BCUT2D eigenvalue weighted by Gasteiger charge is 2.30. The van der Waals surface area contributed by atoms with Crippen molar-refractivity contribution in [2.45, 2.75) is 31.9 Å². The lowest BCUT2D eigenvalue weighted by Gasteiger charge is -2.27.